The maximum absolute atomic E-state index is 12.1. The third-order valence-corrected chi connectivity index (χ3v) is 3.04. The summed E-state index contributed by atoms with van der Waals surface area (Å²) in [5.41, 5.74) is 0.366. The Morgan fingerprint density at radius 1 is 1.22 bits per heavy atom. The number of amides is 1. The van der Waals surface area contributed by atoms with E-state index in [1.807, 2.05) is 32.0 Å². The molecule has 4 nitrogen and oxygen atoms in total. The van der Waals surface area contributed by atoms with E-state index in [0.717, 1.165) is 11.3 Å². The Bertz CT molecular complexity index is 458. The van der Waals surface area contributed by atoms with Gasteiger partial charge in [-0.3, -0.25) is 4.79 Å². The van der Waals surface area contributed by atoms with E-state index in [1.54, 1.807) is 19.0 Å². The predicted octanol–water partition coefficient (Wildman–Crippen LogP) is 1.40. The average molecular weight is 246 g/mol. The van der Waals surface area contributed by atoms with Gasteiger partial charge in [-0.2, -0.15) is 0 Å². The van der Waals surface area contributed by atoms with Gasteiger partial charge in [0.2, 0.25) is 12.7 Å². The van der Waals surface area contributed by atoms with Crippen molar-refractivity contribution in [2.45, 2.75) is 19.3 Å². The molecule has 1 aliphatic rings. The van der Waals surface area contributed by atoms with Crippen LogP contribution in [0.3, 0.4) is 0 Å². The number of hydrogen-bond donors (Lipinski definition) is 0. The first-order chi connectivity index (χ1) is 7.93. The summed E-state index contributed by atoms with van der Waals surface area (Å²) in [6.45, 7) is 4.07. The van der Waals surface area contributed by atoms with E-state index in [2.05, 4.69) is 0 Å². The number of carbonyl (C=O) groups is 1. The van der Waals surface area contributed by atoms with Crippen LogP contribution in [0.15, 0.2) is 18.2 Å². The summed E-state index contributed by atoms with van der Waals surface area (Å²) in [6, 6.07) is 5.64. The highest BCUT2D eigenvalue weighted by Gasteiger charge is 2.32. The maximum Gasteiger partial charge on any atom is 0.232 e. The van der Waals surface area contributed by atoms with Crippen LogP contribution in [0.25, 0.3) is 0 Å². The second-order valence-corrected chi connectivity index (χ2v) is 4.89. The molecular formula is C13H17BNO3. The van der Waals surface area contributed by atoms with Crippen LogP contribution in [-0.2, 0) is 10.2 Å². The molecule has 0 bridgehead atoms. The quantitative estimate of drug-likeness (QED) is 0.740. The second-order valence-electron chi connectivity index (χ2n) is 4.89. The van der Waals surface area contributed by atoms with Crippen LogP contribution in [0, 0.1) is 0 Å². The molecule has 1 aromatic carbocycles. The van der Waals surface area contributed by atoms with Gasteiger partial charge in [-0.25, -0.2) is 0 Å². The highest BCUT2D eigenvalue weighted by molar-refractivity contribution is 5.87. The molecule has 0 spiro atoms. The number of rotatable bonds is 2. The lowest BCUT2D eigenvalue weighted by atomic mass is 9.83. The van der Waals surface area contributed by atoms with Crippen molar-refractivity contribution in [2.24, 2.45) is 0 Å². The van der Waals surface area contributed by atoms with Crippen molar-refractivity contribution in [1.82, 2.24) is 4.90 Å². The molecule has 0 saturated heterocycles. The lowest BCUT2D eigenvalue weighted by Crippen LogP contribution is -2.39. The van der Waals surface area contributed by atoms with Gasteiger partial charge in [0, 0.05) is 22.5 Å². The van der Waals surface area contributed by atoms with Crippen molar-refractivity contribution in [3.63, 3.8) is 0 Å². The fourth-order valence-corrected chi connectivity index (χ4v) is 1.97. The third kappa shape index (κ3) is 2.30. The number of benzene rings is 1. The van der Waals surface area contributed by atoms with Gasteiger partial charge in [-0.05, 0) is 31.5 Å². The number of fused-ring (bicyclic) bond motifs is 1. The Morgan fingerprint density at radius 3 is 2.44 bits per heavy atom. The van der Waals surface area contributed by atoms with Crippen LogP contribution < -0.4 is 9.47 Å². The first-order valence-electron chi connectivity index (χ1n) is 5.55. The normalized spacial score (nSPS) is 12.9. The van der Waals surface area contributed by atoms with E-state index in [0.29, 0.717) is 5.75 Å². The zero-order valence-electron chi connectivity index (χ0n) is 11.2. The summed E-state index contributed by atoms with van der Waals surface area (Å²) in [6.07, 6.45) is 0. The van der Waals surface area contributed by atoms with Gasteiger partial charge in [0.25, 0.3) is 0 Å². The molecule has 2 rings (SSSR count). The number of likely N-dealkylation sites (N-methyl/N-ethyl adjacent to an activating group) is 1. The summed E-state index contributed by atoms with van der Waals surface area (Å²) >= 11 is 0. The van der Waals surface area contributed by atoms with Crippen molar-refractivity contribution in [3.8, 4) is 11.5 Å². The first-order valence-corrected chi connectivity index (χ1v) is 5.55. The Kier molecular flexibility index (Phi) is 3.94. The van der Waals surface area contributed by atoms with Gasteiger partial charge in [-0.15, -0.1) is 0 Å². The van der Waals surface area contributed by atoms with Gasteiger partial charge in [-0.1, -0.05) is 6.07 Å². The van der Waals surface area contributed by atoms with Gasteiger partial charge in [0.05, 0.1) is 5.41 Å². The second kappa shape index (κ2) is 4.92. The van der Waals surface area contributed by atoms with Crippen molar-refractivity contribution >= 4 is 14.3 Å². The van der Waals surface area contributed by atoms with Crippen LogP contribution >= 0.6 is 0 Å². The van der Waals surface area contributed by atoms with Crippen LogP contribution in [-0.4, -0.2) is 40.1 Å². The predicted molar refractivity (Wildman–Crippen MR) is 70.0 cm³/mol. The molecule has 0 N–H and O–H groups in total. The monoisotopic (exact) mass is 246 g/mol. The van der Waals surface area contributed by atoms with E-state index in [9.17, 15) is 4.79 Å². The molecule has 1 aromatic rings. The summed E-state index contributed by atoms with van der Waals surface area (Å²) in [7, 11) is 3.52. The number of nitrogens with zero attached hydrogens (tertiary/aromatic N) is 1. The largest absolute Gasteiger partial charge is 0.454 e. The van der Waals surface area contributed by atoms with Crippen molar-refractivity contribution in [1.29, 1.82) is 0 Å². The molecule has 1 aliphatic heterocycles. The van der Waals surface area contributed by atoms with Crippen LogP contribution in [0.2, 0.25) is 0 Å². The molecule has 0 atom stereocenters. The Labute approximate surface area is 109 Å². The van der Waals surface area contributed by atoms with E-state index >= 15 is 0 Å². The summed E-state index contributed by atoms with van der Waals surface area (Å²) < 4.78 is 10.6. The Morgan fingerprint density at radius 2 is 1.83 bits per heavy atom. The summed E-state index contributed by atoms with van der Waals surface area (Å²) in [4.78, 5) is 13.7. The van der Waals surface area contributed by atoms with Gasteiger partial charge in [0.1, 0.15) is 0 Å². The third-order valence-electron chi connectivity index (χ3n) is 3.04. The molecule has 3 radical (unpaired) electrons. The number of carbonyl (C=O) groups excluding carboxylic acids is 1. The minimum absolute atomic E-state index is 0. The van der Waals surface area contributed by atoms with Gasteiger partial charge < -0.3 is 14.4 Å². The van der Waals surface area contributed by atoms with Gasteiger partial charge in [0.15, 0.2) is 11.5 Å². The Balaban J connectivity index is 0.00000162. The lowest BCUT2D eigenvalue weighted by molar-refractivity contribution is -0.133. The van der Waals surface area contributed by atoms with Crippen molar-refractivity contribution in [2.75, 3.05) is 20.9 Å². The van der Waals surface area contributed by atoms with E-state index < -0.39 is 5.41 Å². The smallest absolute Gasteiger partial charge is 0.232 e. The highest BCUT2D eigenvalue weighted by atomic mass is 16.7. The standard InChI is InChI=1S/C13H17NO3.B/c1-13(2,12(15)14(3)4)9-5-6-10-11(7-9)17-8-16-10;/h5-7H,8H2,1-4H3;. The van der Waals surface area contributed by atoms with Crippen LogP contribution in [0.1, 0.15) is 19.4 Å². The molecule has 1 heterocycles. The molecule has 0 saturated carbocycles. The minimum Gasteiger partial charge on any atom is -0.454 e. The zero-order valence-corrected chi connectivity index (χ0v) is 11.2. The lowest BCUT2D eigenvalue weighted by Gasteiger charge is -2.27. The molecule has 5 heteroatoms. The Hall–Kier alpha value is -1.65. The summed E-state index contributed by atoms with van der Waals surface area (Å²) in [5, 5.41) is 0. The molecule has 0 fully saturated rings. The zero-order chi connectivity index (χ0) is 12.6. The van der Waals surface area contributed by atoms with E-state index in [4.69, 9.17) is 9.47 Å². The van der Waals surface area contributed by atoms with E-state index in [-0.39, 0.29) is 21.1 Å². The highest BCUT2D eigenvalue weighted by Crippen LogP contribution is 2.36. The number of hydrogen-bond acceptors (Lipinski definition) is 3. The first kappa shape index (κ1) is 14.4. The van der Waals surface area contributed by atoms with Gasteiger partial charge >= 0.3 is 0 Å². The SMILES string of the molecule is CN(C)C(=O)C(C)(C)c1ccc2c(c1)OCO2.[B]. The van der Waals surface area contributed by atoms with Crippen molar-refractivity contribution in [3.05, 3.63) is 23.8 Å². The fraction of sp³-hybridized carbons (Fsp3) is 0.462. The summed E-state index contributed by atoms with van der Waals surface area (Å²) in [5.74, 6) is 1.51. The van der Waals surface area contributed by atoms with Crippen LogP contribution in [0.4, 0.5) is 0 Å². The van der Waals surface area contributed by atoms with Crippen LogP contribution in [0.5, 0.6) is 11.5 Å². The molecule has 0 aromatic heterocycles. The molecule has 0 aliphatic carbocycles. The molecule has 95 valence electrons. The molecule has 1 amide bonds. The molecular weight excluding hydrogens is 229 g/mol. The average Bonchev–Trinajstić information content (AvgIpc) is 2.74. The minimum atomic E-state index is -0.565. The molecule has 0 unspecified atom stereocenters. The van der Waals surface area contributed by atoms with Crippen molar-refractivity contribution < 1.29 is 14.3 Å². The molecule has 18 heavy (non-hydrogen) atoms. The topological polar surface area (TPSA) is 38.8 Å². The number of ether oxygens (including phenoxy) is 2. The fourth-order valence-electron chi connectivity index (χ4n) is 1.97. The van der Waals surface area contributed by atoms with E-state index in [1.165, 1.54) is 0 Å². The maximum atomic E-state index is 12.1.